The Balaban J connectivity index is 1.53. The average Bonchev–Trinajstić information content (AvgIpc) is 2.60. The van der Waals surface area contributed by atoms with Gasteiger partial charge in [-0.25, -0.2) is 0 Å². The van der Waals surface area contributed by atoms with Crippen LogP contribution in [-0.4, -0.2) is 50.1 Å². The van der Waals surface area contributed by atoms with Crippen molar-refractivity contribution in [3.8, 4) is 0 Å². The Morgan fingerprint density at radius 1 is 1.22 bits per heavy atom. The maximum absolute atomic E-state index is 12.8. The summed E-state index contributed by atoms with van der Waals surface area (Å²) in [6.45, 7) is 7.87. The Kier molecular flexibility index (Phi) is 5.68. The Morgan fingerprint density at radius 2 is 2.00 bits per heavy atom. The first kappa shape index (κ1) is 16.5. The van der Waals surface area contributed by atoms with Crippen LogP contribution in [0.4, 0.5) is 5.69 Å². The van der Waals surface area contributed by atoms with Crippen LogP contribution in [0.15, 0.2) is 24.3 Å². The van der Waals surface area contributed by atoms with E-state index in [2.05, 4.69) is 35.3 Å². The summed E-state index contributed by atoms with van der Waals surface area (Å²) in [4.78, 5) is 17.1. The van der Waals surface area contributed by atoms with Gasteiger partial charge in [0.05, 0.1) is 6.54 Å². The molecule has 1 N–H and O–H groups in total. The number of fused-ring (bicyclic) bond motifs is 1. The van der Waals surface area contributed by atoms with Crippen molar-refractivity contribution in [3.05, 3.63) is 29.8 Å². The monoisotopic (exact) mass is 315 g/mol. The lowest BCUT2D eigenvalue weighted by Crippen LogP contribution is -2.45. The Labute approximate surface area is 139 Å². The van der Waals surface area contributed by atoms with Gasteiger partial charge in [0.1, 0.15) is 0 Å². The van der Waals surface area contributed by atoms with E-state index in [9.17, 15) is 4.79 Å². The molecule has 0 atom stereocenters. The molecule has 0 saturated carbocycles. The molecule has 0 aromatic heterocycles. The topological polar surface area (TPSA) is 35.6 Å². The fraction of sp³-hybridized carbons (Fsp3) is 0.632. The number of carbonyl (C=O) groups is 1. The summed E-state index contributed by atoms with van der Waals surface area (Å²) in [5.74, 6) is 1.04. The number of nitrogens with zero attached hydrogens (tertiary/aromatic N) is 2. The summed E-state index contributed by atoms with van der Waals surface area (Å²) < 4.78 is 0. The van der Waals surface area contributed by atoms with Crippen LogP contribution >= 0.6 is 0 Å². The second kappa shape index (κ2) is 7.93. The molecule has 1 aromatic rings. The number of hydrogen-bond donors (Lipinski definition) is 1. The number of benzene rings is 1. The molecule has 1 fully saturated rings. The highest BCUT2D eigenvalue weighted by Crippen LogP contribution is 2.27. The molecule has 3 rings (SSSR count). The SMILES string of the molecule is CCNCC1CCN(CC(=O)N2CCCc3ccccc32)CC1. The maximum Gasteiger partial charge on any atom is 0.241 e. The van der Waals surface area contributed by atoms with Gasteiger partial charge in [-0.2, -0.15) is 0 Å². The van der Waals surface area contributed by atoms with Gasteiger partial charge in [0.2, 0.25) is 5.91 Å². The lowest BCUT2D eigenvalue weighted by molar-refractivity contribution is -0.120. The molecular weight excluding hydrogens is 286 g/mol. The van der Waals surface area contributed by atoms with E-state index in [1.807, 2.05) is 11.0 Å². The molecule has 0 bridgehead atoms. The summed E-state index contributed by atoms with van der Waals surface area (Å²) in [7, 11) is 0. The maximum atomic E-state index is 12.8. The van der Waals surface area contributed by atoms with E-state index in [-0.39, 0.29) is 5.91 Å². The summed E-state index contributed by atoms with van der Waals surface area (Å²) in [6, 6.07) is 8.36. The Morgan fingerprint density at radius 3 is 2.78 bits per heavy atom. The molecule has 2 heterocycles. The van der Waals surface area contributed by atoms with Crippen LogP contribution in [0.1, 0.15) is 31.7 Å². The number of para-hydroxylation sites is 1. The first-order valence-corrected chi connectivity index (χ1v) is 9.09. The number of aryl methyl sites for hydroxylation is 1. The van der Waals surface area contributed by atoms with Crippen LogP contribution in [0.5, 0.6) is 0 Å². The Hall–Kier alpha value is -1.39. The first-order chi connectivity index (χ1) is 11.3. The number of amides is 1. The average molecular weight is 315 g/mol. The smallest absolute Gasteiger partial charge is 0.241 e. The van der Waals surface area contributed by atoms with Crippen molar-refractivity contribution in [1.82, 2.24) is 10.2 Å². The number of anilines is 1. The summed E-state index contributed by atoms with van der Waals surface area (Å²) >= 11 is 0. The fourth-order valence-electron chi connectivity index (χ4n) is 3.77. The molecule has 4 nitrogen and oxygen atoms in total. The predicted molar refractivity (Wildman–Crippen MR) is 94.8 cm³/mol. The third-order valence-corrected chi connectivity index (χ3v) is 5.16. The molecule has 126 valence electrons. The lowest BCUT2D eigenvalue weighted by atomic mass is 9.96. The van der Waals surface area contributed by atoms with E-state index in [0.717, 1.165) is 57.2 Å². The molecule has 1 saturated heterocycles. The second-order valence-corrected chi connectivity index (χ2v) is 6.80. The van der Waals surface area contributed by atoms with Gasteiger partial charge in [-0.3, -0.25) is 9.69 Å². The molecule has 0 spiro atoms. The van der Waals surface area contributed by atoms with Crippen LogP contribution < -0.4 is 10.2 Å². The van der Waals surface area contributed by atoms with Gasteiger partial charge in [-0.05, 0) is 69.4 Å². The lowest BCUT2D eigenvalue weighted by Gasteiger charge is -2.35. The van der Waals surface area contributed by atoms with Gasteiger partial charge in [0.15, 0.2) is 0 Å². The van der Waals surface area contributed by atoms with Gasteiger partial charge < -0.3 is 10.2 Å². The normalized spacial score (nSPS) is 19.6. The zero-order valence-electron chi connectivity index (χ0n) is 14.3. The molecule has 2 aliphatic rings. The van der Waals surface area contributed by atoms with Crippen molar-refractivity contribution < 1.29 is 4.79 Å². The van der Waals surface area contributed by atoms with Crippen molar-refractivity contribution in [2.75, 3.05) is 44.2 Å². The zero-order chi connectivity index (χ0) is 16.1. The summed E-state index contributed by atoms with van der Waals surface area (Å²) in [5, 5.41) is 3.44. The summed E-state index contributed by atoms with van der Waals surface area (Å²) in [5.41, 5.74) is 2.45. The van der Waals surface area contributed by atoms with Crippen LogP contribution in [-0.2, 0) is 11.2 Å². The Bertz CT molecular complexity index is 523. The summed E-state index contributed by atoms with van der Waals surface area (Å²) in [6.07, 6.45) is 4.58. The minimum absolute atomic E-state index is 0.266. The number of nitrogens with one attached hydrogen (secondary N) is 1. The van der Waals surface area contributed by atoms with E-state index >= 15 is 0 Å². The minimum atomic E-state index is 0.266. The third kappa shape index (κ3) is 4.12. The van der Waals surface area contributed by atoms with Gasteiger partial charge >= 0.3 is 0 Å². The fourth-order valence-corrected chi connectivity index (χ4v) is 3.77. The first-order valence-electron chi connectivity index (χ1n) is 9.09. The second-order valence-electron chi connectivity index (χ2n) is 6.80. The number of likely N-dealkylation sites (tertiary alicyclic amines) is 1. The number of carbonyl (C=O) groups excluding carboxylic acids is 1. The number of piperidine rings is 1. The predicted octanol–water partition coefficient (Wildman–Crippen LogP) is 2.29. The van der Waals surface area contributed by atoms with E-state index in [1.165, 1.54) is 18.4 Å². The largest absolute Gasteiger partial charge is 0.317 e. The molecule has 0 aliphatic carbocycles. The van der Waals surface area contributed by atoms with E-state index in [4.69, 9.17) is 0 Å². The van der Waals surface area contributed by atoms with Crippen molar-refractivity contribution in [2.24, 2.45) is 5.92 Å². The van der Waals surface area contributed by atoms with Crippen LogP contribution in [0.25, 0.3) is 0 Å². The van der Waals surface area contributed by atoms with Crippen LogP contribution in [0.3, 0.4) is 0 Å². The number of rotatable bonds is 5. The van der Waals surface area contributed by atoms with Gasteiger partial charge in [0, 0.05) is 12.2 Å². The molecule has 1 amide bonds. The van der Waals surface area contributed by atoms with Gasteiger partial charge in [-0.15, -0.1) is 0 Å². The van der Waals surface area contributed by atoms with Crippen molar-refractivity contribution in [2.45, 2.75) is 32.6 Å². The molecular formula is C19H29N3O. The quantitative estimate of drug-likeness (QED) is 0.905. The molecule has 0 unspecified atom stereocenters. The third-order valence-electron chi connectivity index (χ3n) is 5.16. The zero-order valence-corrected chi connectivity index (χ0v) is 14.3. The highest BCUT2D eigenvalue weighted by Gasteiger charge is 2.26. The van der Waals surface area contributed by atoms with Crippen molar-refractivity contribution >= 4 is 11.6 Å². The van der Waals surface area contributed by atoms with E-state index < -0.39 is 0 Å². The molecule has 23 heavy (non-hydrogen) atoms. The highest BCUT2D eigenvalue weighted by atomic mass is 16.2. The molecule has 4 heteroatoms. The number of hydrogen-bond acceptors (Lipinski definition) is 3. The van der Waals surface area contributed by atoms with E-state index in [0.29, 0.717) is 6.54 Å². The van der Waals surface area contributed by atoms with Gasteiger partial charge in [-0.1, -0.05) is 25.1 Å². The standard InChI is InChI=1S/C19H29N3O/c1-2-20-14-16-9-12-21(13-10-16)15-19(23)22-11-5-7-17-6-3-4-8-18(17)22/h3-4,6,8,16,20H,2,5,7,9-15H2,1H3. The van der Waals surface area contributed by atoms with Crippen LogP contribution in [0.2, 0.25) is 0 Å². The molecule has 0 radical (unpaired) electrons. The van der Waals surface area contributed by atoms with Crippen molar-refractivity contribution in [3.63, 3.8) is 0 Å². The highest BCUT2D eigenvalue weighted by molar-refractivity contribution is 5.95. The van der Waals surface area contributed by atoms with Gasteiger partial charge in [0.25, 0.3) is 0 Å². The minimum Gasteiger partial charge on any atom is -0.317 e. The van der Waals surface area contributed by atoms with Crippen molar-refractivity contribution in [1.29, 1.82) is 0 Å². The molecule has 1 aromatic carbocycles. The van der Waals surface area contributed by atoms with Crippen LogP contribution in [0, 0.1) is 5.92 Å². The molecule has 2 aliphatic heterocycles. The van der Waals surface area contributed by atoms with E-state index in [1.54, 1.807) is 0 Å².